The van der Waals surface area contributed by atoms with E-state index in [1.807, 2.05) is 37.3 Å². The summed E-state index contributed by atoms with van der Waals surface area (Å²) in [4.78, 5) is 25.4. The summed E-state index contributed by atoms with van der Waals surface area (Å²) >= 11 is 0. The molecule has 146 valence electrons. The standard InChI is InChI=1S/C21H22N2O5/c1-13(18-10-14-6-4-5-7-16(14)28-18)23(2)21(25)15-8-9-17(19(11-15)26-3)27-12-20(22)24/h4-11,13H,12H2,1-3H3,(H2,22,24). The lowest BCUT2D eigenvalue weighted by Gasteiger charge is -2.23. The molecule has 1 aromatic heterocycles. The quantitative estimate of drug-likeness (QED) is 0.677. The monoisotopic (exact) mass is 382 g/mol. The van der Waals surface area contributed by atoms with Crippen molar-refractivity contribution in [2.45, 2.75) is 13.0 Å². The SMILES string of the molecule is COc1cc(C(=O)N(C)C(C)c2cc3ccccc3o2)ccc1OCC(N)=O. The molecule has 0 aliphatic rings. The fourth-order valence-electron chi connectivity index (χ4n) is 2.85. The van der Waals surface area contributed by atoms with E-state index in [2.05, 4.69) is 0 Å². The Hall–Kier alpha value is -3.48. The van der Waals surface area contributed by atoms with Gasteiger partial charge in [-0.3, -0.25) is 9.59 Å². The largest absolute Gasteiger partial charge is 0.493 e. The third-order valence-corrected chi connectivity index (χ3v) is 4.54. The minimum atomic E-state index is -0.596. The van der Waals surface area contributed by atoms with Gasteiger partial charge in [0, 0.05) is 18.0 Å². The van der Waals surface area contributed by atoms with Crippen LogP contribution in [0.25, 0.3) is 11.0 Å². The van der Waals surface area contributed by atoms with Crippen LogP contribution in [0.2, 0.25) is 0 Å². The Kier molecular flexibility index (Phi) is 5.54. The number of carbonyl (C=O) groups is 2. The first-order chi connectivity index (χ1) is 13.4. The first-order valence-corrected chi connectivity index (χ1v) is 8.75. The van der Waals surface area contributed by atoms with Crippen molar-refractivity contribution in [3.63, 3.8) is 0 Å². The molecule has 2 amide bonds. The Bertz CT molecular complexity index is 978. The van der Waals surface area contributed by atoms with Crippen LogP contribution in [0.15, 0.2) is 52.9 Å². The molecule has 7 nitrogen and oxygen atoms in total. The molecule has 0 bridgehead atoms. The summed E-state index contributed by atoms with van der Waals surface area (Å²) in [6.45, 7) is 1.63. The maximum absolute atomic E-state index is 12.9. The number of carbonyl (C=O) groups excluding carboxylic acids is 2. The van der Waals surface area contributed by atoms with Crippen LogP contribution < -0.4 is 15.2 Å². The highest BCUT2D eigenvalue weighted by Crippen LogP contribution is 2.31. The lowest BCUT2D eigenvalue weighted by molar-refractivity contribution is -0.119. The second-order valence-electron chi connectivity index (χ2n) is 6.40. The number of nitrogens with two attached hydrogens (primary N) is 1. The predicted molar refractivity (Wildman–Crippen MR) is 104 cm³/mol. The van der Waals surface area contributed by atoms with Gasteiger partial charge in [0.1, 0.15) is 11.3 Å². The van der Waals surface area contributed by atoms with Crippen LogP contribution in [-0.4, -0.2) is 37.5 Å². The lowest BCUT2D eigenvalue weighted by Crippen LogP contribution is -2.29. The van der Waals surface area contributed by atoms with E-state index in [1.54, 1.807) is 30.1 Å². The predicted octanol–water partition coefficient (Wildman–Crippen LogP) is 3.14. The van der Waals surface area contributed by atoms with E-state index in [0.29, 0.717) is 22.8 Å². The van der Waals surface area contributed by atoms with Gasteiger partial charge in [-0.2, -0.15) is 0 Å². The van der Waals surface area contributed by atoms with E-state index in [1.165, 1.54) is 7.11 Å². The van der Waals surface area contributed by atoms with Gasteiger partial charge in [0.2, 0.25) is 0 Å². The fourth-order valence-corrected chi connectivity index (χ4v) is 2.85. The molecule has 28 heavy (non-hydrogen) atoms. The van der Waals surface area contributed by atoms with Gasteiger partial charge in [-0.15, -0.1) is 0 Å². The van der Waals surface area contributed by atoms with Gasteiger partial charge in [0.15, 0.2) is 18.1 Å². The maximum atomic E-state index is 12.9. The smallest absolute Gasteiger partial charge is 0.255 e. The topological polar surface area (TPSA) is 95.0 Å². The molecule has 0 saturated carbocycles. The Balaban J connectivity index is 1.80. The van der Waals surface area contributed by atoms with Crippen molar-refractivity contribution >= 4 is 22.8 Å². The third-order valence-electron chi connectivity index (χ3n) is 4.54. The van der Waals surface area contributed by atoms with Crippen molar-refractivity contribution in [1.29, 1.82) is 0 Å². The number of rotatable bonds is 7. The minimum Gasteiger partial charge on any atom is -0.493 e. The lowest BCUT2D eigenvalue weighted by atomic mass is 10.1. The van der Waals surface area contributed by atoms with Crippen LogP contribution >= 0.6 is 0 Å². The van der Waals surface area contributed by atoms with Crippen molar-refractivity contribution < 1.29 is 23.5 Å². The molecule has 1 unspecified atom stereocenters. The fraction of sp³-hybridized carbons (Fsp3) is 0.238. The molecular formula is C21H22N2O5. The van der Waals surface area contributed by atoms with Crippen molar-refractivity contribution in [2.24, 2.45) is 5.73 Å². The summed E-state index contributed by atoms with van der Waals surface area (Å²) in [6, 6.07) is 14.1. The van der Waals surface area contributed by atoms with Crippen molar-refractivity contribution in [3.8, 4) is 11.5 Å². The zero-order valence-corrected chi connectivity index (χ0v) is 16.0. The maximum Gasteiger partial charge on any atom is 0.255 e. The summed E-state index contributed by atoms with van der Waals surface area (Å²) in [5.74, 6) is 0.586. The normalized spacial score (nSPS) is 11.8. The molecule has 3 rings (SSSR count). The van der Waals surface area contributed by atoms with Gasteiger partial charge >= 0.3 is 0 Å². The Labute approximate surface area is 162 Å². The van der Waals surface area contributed by atoms with E-state index in [-0.39, 0.29) is 18.6 Å². The molecule has 0 fully saturated rings. The van der Waals surface area contributed by atoms with Gasteiger partial charge in [-0.1, -0.05) is 18.2 Å². The first kappa shape index (κ1) is 19.3. The van der Waals surface area contributed by atoms with Crippen molar-refractivity contribution in [2.75, 3.05) is 20.8 Å². The van der Waals surface area contributed by atoms with E-state index in [4.69, 9.17) is 19.6 Å². The molecule has 0 radical (unpaired) electrons. The summed E-state index contributed by atoms with van der Waals surface area (Å²) in [5, 5.41) is 0.989. The van der Waals surface area contributed by atoms with Crippen LogP contribution in [0.5, 0.6) is 11.5 Å². The summed E-state index contributed by atoms with van der Waals surface area (Å²) in [5.41, 5.74) is 6.30. The molecule has 3 aromatic rings. The molecule has 0 spiro atoms. The molecule has 0 aliphatic carbocycles. The van der Waals surface area contributed by atoms with Crippen molar-refractivity contribution in [3.05, 3.63) is 59.9 Å². The zero-order valence-electron chi connectivity index (χ0n) is 16.0. The van der Waals surface area contributed by atoms with Crippen LogP contribution in [0.1, 0.15) is 29.1 Å². The average molecular weight is 382 g/mol. The highest BCUT2D eigenvalue weighted by molar-refractivity contribution is 5.95. The number of primary amides is 1. The van der Waals surface area contributed by atoms with E-state index in [0.717, 1.165) is 11.0 Å². The summed E-state index contributed by atoms with van der Waals surface area (Å²) in [7, 11) is 3.17. The first-order valence-electron chi connectivity index (χ1n) is 8.75. The summed E-state index contributed by atoms with van der Waals surface area (Å²) in [6.07, 6.45) is 0. The number of nitrogens with zero attached hydrogens (tertiary/aromatic N) is 1. The number of furan rings is 1. The average Bonchev–Trinajstić information content (AvgIpc) is 3.14. The molecule has 0 saturated heterocycles. The van der Waals surface area contributed by atoms with Crippen LogP contribution in [0.3, 0.4) is 0 Å². The highest BCUT2D eigenvalue weighted by atomic mass is 16.5. The highest BCUT2D eigenvalue weighted by Gasteiger charge is 2.23. The number of ether oxygens (including phenoxy) is 2. The molecule has 2 aromatic carbocycles. The molecule has 7 heteroatoms. The zero-order chi connectivity index (χ0) is 20.3. The Morgan fingerprint density at radius 1 is 1.14 bits per heavy atom. The van der Waals surface area contributed by atoms with Crippen LogP contribution in [0.4, 0.5) is 0 Å². The third kappa shape index (κ3) is 3.93. The minimum absolute atomic E-state index is 0.201. The summed E-state index contributed by atoms with van der Waals surface area (Å²) < 4.78 is 16.4. The van der Waals surface area contributed by atoms with Crippen LogP contribution in [-0.2, 0) is 4.79 Å². The van der Waals surface area contributed by atoms with E-state index in [9.17, 15) is 9.59 Å². The van der Waals surface area contributed by atoms with E-state index < -0.39 is 5.91 Å². The second-order valence-corrected chi connectivity index (χ2v) is 6.40. The van der Waals surface area contributed by atoms with Crippen molar-refractivity contribution in [1.82, 2.24) is 4.90 Å². The molecule has 2 N–H and O–H groups in total. The number of fused-ring (bicyclic) bond motifs is 1. The Morgan fingerprint density at radius 2 is 1.89 bits per heavy atom. The number of hydrogen-bond acceptors (Lipinski definition) is 5. The van der Waals surface area contributed by atoms with Gasteiger partial charge in [-0.05, 0) is 37.3 Å². The number of benzene rings is 2. The molecular weight excluding hydrogens is 360 g/mol. The number of methoxy groups -OCH3 is 1. The second kappa shape index (κ2) is 8.04. The van der Waals surface area contributed by atoms with Crippen LogP contribution in [0, 0.1) is 0 Å². The van der Waals surface area contributed by atoms with Gasteiger partial charge < -0.3 is 24.5 Å². The van der Waals surface area contributed by atoms with Gasteiger partial charge in [0.25, 0.3) is 11.8 Å². The molecule has 1 heterocycles. The van der Waals surface area contributed by atoms with E-state index >= 15 is 0 Å². The van der Waals surface area contributed by atoms with Gasteiger partial charge in [-0.25, -0.2) is 0 Å². The molecule has 1 atom stereocenters. The number of amides is 2. The van der Waals surface area contributed by atoms with Gasteiger partial charge in [0.05, 0.1) is 13.2 Å². The Morgan fingerprint density at radius 3 is 2.57 bits per heavy atom. The number of hydrogen-bond donors (Lipinski definition) is 1. The number of para-hydroxylation sites is 1. The molecule has 0 aliphatic heterocycles.